The number of aliphatic hydroxyl groups excluding tert-OH is 3. The van der Waals surface area contributed by atoms with Crippen LogP contribution >= 0.6 is 0 Å². The lowest BCUT2D eigenvalue weighted by molar-refractivity contribution is -0.00370. The highest BCUT2D eigenvalue weighted by Crippen LogP contribution is 2.43. The quantitative estimate of drug-likeness (QED) is 0.713. The maximum Gasteiger partial charge on any atom is 0.165 e. The Hall–Kier alpha value is -1.77. The summed E-state index contributed by atoms with van der Waals surface area (Å²) in [5.41, 5.74) is 1.42. The molecule has 3 fully saturated rings. The number of aromatic nitrogens is 4. The van der Waals surface area contributed by atoms with Gasteiger partial charge in [-0.05, 0) is 31.1 Å². The van der Waals surface area contributed by atoms with Gasteiger partial charge in [0.15, 0.2) is 17.0 Å². The van der Waals surface area contributed by atoms with Crippen LogP contribution in [0.1, 0.15) is 25.3 Å². The lowest BCUT2D eigenvalue weighted by Crippen LogP contribution is -2.48. The fourth-order valence-electron chi connectivity index (χ4n) is 4.42. The molecule has 0 amide bonds. The number of hydrogen-bond donors (Lipinski definition) is 3. The molecule has 8 heteroatoms. The van der Waals surface area contributed by atoms with E-state index in [0.717, 1.165) is 36.3 Å². The number of fused-ring (bicyclic) bond motifs is 1. The summed E-state index contributed by atoms with van der Waals surface area (Å²) in [6.07, 6.45) is 4.57. The highest BCUT2D eigenvalue weighted by Gasteiger charge is 2.43. The Morgan fingerprint density at radius 2 is 1.84 bits per heavy atom. The molecule has 5 rings (SSSR count). The van der Waals surface area contributed by atoms with Gasteiger partial charge < -0.3 is 24.8 Å². The Labute approximate surface area is 145 Å². The largest absolute Gasteiger partial charge is 0.396 e. The average molecular weight is 345 g/mol. The minimum Gasteiger partial charge on any atom is -0.396 e. The van der Waals surface area contributed by atoms with E-state index >= 15 is 0 Å². The Kier molecular flexibility index (Phi) is 3.48. The summed E-state index contributed by atoms with van der Waals surface area (Å²) in [7, 11) is 0. The van der Waals surface area contributed by atoms with Crippen LogP contribution < -0.4 is 4.90 Å². The van der Waals surface area contributed by atoms with Crippen LogP contribution in [0.3, 0.4) is 0 Å². The summed E-state index contributed by atoms with van der Waals surface area (Å²) in [5.74, 6) is 2.21. The van der Waals surface area contributed by atoms with Crippen molar-refractivity contribution in [2.75, 3.05) is 24.6 Å². The molecule has 0 spiro atoms. The summed E-state index contributed by atoms with van der Waals surface area (Å²) in [6, 6.07) is -0.337. The molecule has 134 valence electrons. The van der Waals surface area contributed by atoms with Gasteiger partial charge in [-0.15, -0.1) is 0 Å². The van der Waals surface area contributed by atoms with Crippen LogP contribution in [0.15, 0.2) is 12.7 Å². The van der Waals surface area contributed by atoms with Crippen LogP contribution in [0.4, 0.5) is 5.82 Å². The van der Waals surface area contributed by atoms with Crippen molar-refractivity contribution in [3.05, 3.63) is 12.7 Å². The maximum absolute atomic E-state index is 10.4. The van der Waals surface area contributed by atoms with Gasteiger partial charge >= 0.3 is 0 Å². The SMILES string of the molecule is OC[C@@H]1C[C@H](n2cnc3c(N4CC(C5CC5)C4)ncnc32)[C@@H](O)[C@H]1O. The Bertz CT molecular complexity index is 786. The number of rotatable bonds is 4. The Morgan fingerprint density at radius 1 is 1.04 bits per heavy atom. The van der Waals surface area contributed by atoms with Crippen molar-refractivity contribution in [2.24, 2.45) is 17.8 Å². The number of nitrogens with zero attached hydrogens (tertiary/aromatic N) is 5. The first-order chi connectivity index (χ1) is 12.2. The molecule has 1 aliphatic heterocycles. The van der Waals surface area contributed by atoms with E-state index in [9.17, 15) is 15.3 Å². The summed E-state index contributed by atoms with van der Waals surface area (Å²) in [5, 5.41) is 29.8. The van der Waals surface area contributed by atoms with Gasteiger partial charge in [-0.1, -0.05) is 0 Å². The molecule has 2 aromatic rings. The molecular formula is C17H23N5O3. The van der Waals surface area contributed by atoms with Crippen LogP contribution in [0, 0.1) is 17.8 Å². The minimum absolute atomic E-state index is 0.141. The smallest absolute Gasteiger partial charge is 0.165 e. The van der Waals surface area contributed by atoms with Gasteiger partial charge in [0.25, 0.3) is 0 Å². The zero-order valence-electron chi connectivity index (χ0n) is 13.9. The van der Waals surface area contributed by atoms with E-state index in [-0.39, 0.29) is 18.6 Å². The van der Waals surface area contributed by atoms with Gasteiger partial charge in [-0.2, -0.15) is 0 Å². The molecule has 0 aromatic carbocycles. The van der Waals surface area contributed by atoms with Crippen molar-refractivity contribution in [2.45, 2.75) is 37.5 Å². The number of aliphatic hydroxyl groups is 3. The lowest BCUT2D eigenvalue weighted by atomic mass is 9.95. The van der Waals surface area contributed by atoms with Crippen LogP contribution in [-0.4, -0.2) is 66.7 Å². The monoisotopic (exact) mass is 345 g/mol. The maximum atomic E-state index is 10.4. The molecule has 3 aliphatic rings. The van der Waals surface area contributed by atoms with E-state index in [0.29, 0.717) is 12.1 Å². The fraction of sp³-hybridized carbons (Fsp3) is 0.706. The zero-order chi connectivity index (χ0) is 17.1. The van der Waals surface area contributed by atoms with Crippen molar-refractivity contribution in [3.63, 3.8) is 0 Å². The third kappa shape index (κ3) is 2.35. The van der Waals surface area contributed by atoms with E-state index in [1.165, 1.54) is 12.8 Å². The first-order valence-corrected chi connectivity index (χ1v) is 9.07. The highest BCUT2D eigenvalue weighted by molar-refractivity contribution is 5.83. The standard InChI is InChI=1S/C17H23N5O3/c23-6-10-3-12(15(25)14(10)24)22-8-20-13-16(18-7-19-17(13)22)21-4-11(5-21)9-1-2-9/h7-12,14-15,23-25H,1-6H2/t10-,12-,14-,15+/m0/s1. The summed E-state index contributed by atoms with van der Waals surface area (Å²) >= 11 is 0. The Balaban J connectivity index is 1.45. The summed E-state index contributed by atoms with van der Waals surface area (Å²) in [6.45, 7) is 1.92. The molecule has 8 nitrogen and oxygen atoms in total. The molecule has 1 saturated heterocycles. The molecule has 2 saturated carbocycles. The van der Waals surface area contributed by atoms with E-state index in [4.69, 9.17) is 0 Å². The fourth-order valence-corrected chi connectivity index (χ4v) is 4.42. The molecule has 25 heavy (non-hydrogen) atoms. The molecule has 0 radical (unpaired) electrons. The Morgan fingerprint density at radius 3 is 2.52 bits per heavy atom. The third-order valence-electron chi connectivity index (χ3n) is 6.20. The molecule has 2 aromatic heterocycles. The van der Waals surface area contributed by atoms with Crippen LogP contribution in [0.2, 0.25) is 0 Å². The van der Waals surface area contributed by atoms with E-state index in [1.54, 1.807) is 12.7 Å². The van der Waals surface area contributed by atoms with Crippen molar-refractivity contribution in [3.8, 4) is 0 Å². The van der Waals surface area contributed by atoms with Crippen LogP contribution in [-0.2, 0) is 0 Å². The lowest BCUT2D eigenvalue weighted by Gasteiger charge is -2.40. The van der Waals surface area contributed by atoms with Crippen molar-refractivity contribution in [1.82, 2.24) is 19.5 Å². The van der Waals surface area contributed by atoms with Crippen molar-refractivity contribution >= 4 is 17.0 Å². The van der Waals surface area contributed by atoms with Gasteiger partial charge in [-0.3, -0.25) is 0 Å². The predicted octanol–water partition coefficient (Wildman–Crippen LogP) is -0.0524. The molecule has 0 unspecified atom stereocenters. The van der Waals surface area contributed by atoms with Crippen LogP contribution in [0.5, 0.6) is 0 Å². The highest BCUT2D eigenvalue weighted by atomic mass is 16.3. The van der Waals surface area contributed by atoms with E-state index in [2.05, 4.69) is 19.9 Å². The number of imidazole rings is 1. The second-order valence-electron chi connectivity index (χ2n) is 7.75. The normalized spacial score (nSPS) is 33.2. The first-order valence-electron chi connectivity index (χ1n) is 9.07. The van der Waals surface area contributed by atoms with Crippen molar-refractivity contribution < 1.29 is 15.3 Å². The predicted molar refractivity (Wildman–Crippen MR) is 90.0 cm³/mol. The molecular weight excluding hydrogens is 322 g/mol. The molecule has 0 bridgehead atoms. The number of anilines is 1. The number of hydrogen-bond acceptors (Lipinski definition) is 7. The molecule has 2 aliphatic carbocycles. The van der Waals surface area contributed by atoms with Gasteiger partial charge in [0.2, 0.25) is 0 Å². The second-order valence-corrected chi connectivity index (χ2v) is 7.75. The third-order valence-corrected chi connectivity index (χ3v) is 6.20. The topological polar surface area (TPSA) is 108 Å². The first kappa shape index (κ1) is 15.5. The van der Waals surface area contributed by atoms with Gasteiger partial charge in [0.1, 0.15) is 12.4 Å². The van der Waals surface area contributed by atoms with Crippen molar-refractivity contribution in [1.29, 1.82) is 0 Å². The molecule has 4 atom stereocenters. The summed E-state index contributed by atoms with van der Waals surface area (Å²) < 4.78 is 1.82. The molecule has 3 heterocycles. The second kappa shape index (κ2) is 5.62. The summed E-state index contributed by atoms with van der Waals surface area (Å²) in [4.78, 5) is 15.6. The van der Waals surface area contributed by atoms with Crippen LogP contribution in [0.25, 0.3) is 11.2 Å². The van der Waals surface area contributed by atoms with Gasteiger partial charge in [-0.25, -0.2) is 15.0 Å². The van der Waals surface area contributed by atoms with E-state index in [1.807, 2.05) is 4.57 Å². The van der Waals surface area contributed by atoms with E-state index < -0.39 is 12.2 Å². The average Bonchev–Trinajstić information content (AvgIpc) is 3.25. The van der Waals surface area contributed by atoms with Gasteiger partial charge in [0, 0.05) is 25.6 Å². The minimum atomic E-state index is -0.934. The zero-order valence-corrected chi connectivity index (χ0v) is 13.9. The molecule has 3 N–H and O–H groups in total. The van der Waals surface area contributed by atoms with Gasteiger partial charge in [0.05, 0.1) is 18.5 Å².